The van der Waals surface area contributed by atoms with Crippen LogP contribution in [0.4, 0.5) is 0 Å². The number of hydrogen-bond acceptors (Lipinski definition) is 5. The number of carbonyl (C=O) groups is 1. The fourth-order valence-electron chi connectivity index (χ4n) is 4.64. The van der Waals surface area contributed by atoms with Crippen molar-refractivity contribution in [1.82, 2.24) is 9.88 Å². The number of fused-ring (bicyclic) bond motifs is 2. The molecule has 0 unspecified atom stereocenters. The van der Waals surface area contributed by atoms with E-state index in [1.165, 1.54) is 0 Å². The molecule has 1 aromatic heterocycles. The van der Waals surface area contributed by atoms with Crippen molar-refractivity contribution in [3.63, 3.8) is 0 Å². The fraction of sp³-hybridized carbons (Fsp3) is 0.167. The molecule has 4 aromatic rings. The molecule has 0 spiro atoms. The number of ether oxygens (including phenoxy) is 1. The third-order valence-corrected chi connectivity index (χ3v) is 6.39. The highest BCUT2D eigenvalue weighted by Crippen LogP contribution is 2.34. The van der Waals surface area contributed by atoms with Crippen molar-refractivity contribution < 1.29 is 14.6 Å². The molecule has 1 aliphatic rings. The van der Waals surface area contributed by atoms with Gasteiger partial charge in [-0.25, -0.2) is 9.78 Å². The van der Waals surface area contributed by atoms with E-state index in [1.807, 2.05) is 66.7 Å². The molecular formula is C30H25N3O3. The Morgan fingerprint density at radius 1 is 1.11 bits per heavy atom. The average Bonchev–Trinajstić information content (AvgIpc) is 2.90. The zero-order chi connectivity index (χ0) is 25.1. The van der Waals surface area contributed by atoms with Gasteiger partial charge in [0.25, 0.3) is 0 Å². The van der Waals surface area contributed by atoms with Gasteiger partial charge in [-0.15, -0.1) is 0 Å². The van der Waals surface area contributed by atoms with Crippen molar-refractivity contribution in [2.24, 2.45) is 0 Å². The van der Waals surface area contributed by atoms with Gasteiger partial charge in [0.05, 0.1) is 28.4 Å². The smallest absolute Gasteiger partial charge is 0.336 e. The van der Waals surface area contributed by atoms with Gasteiger partial charge in [-0.2, -0.15) is 5.26 Å². The van der Waals surface area contributed by atoms with Crippen molar-refractivity contribution >= 4 is 28.5 Å². The molecule has 178 valence electrons. The maximum atomic E-state index is 12.3. The van der Waals surface area contributed by atoms with E-state index in [-0.39, 0.29) is 0 Å². The number of carboxylic acids is 1. The van der Waals surface area contributed by atoms with Gasteiger partial charge >= 0.3 is 5.97 Å². The first kappa shape index (κ1) is 23.3. The van der Waals surface area contributed by atoms with Gasteiger partial charge in [-0.05, 0) is 59.7 Å². The van der Waals surface area contributed by atoms with Gasteiger partial charge in [0.2, 0.25) is 0 Å². The molecule has 6 heteroatoms. The molecular weight excluding hydrogens is 450 g/mol. The van der Waals surface area contributed by atoms with E-state index in [4.69, 9.17) is 15.0 Å². The fourth-order valence-corrected chi connectivity index (χ4v) is 4.64. The molecule has 0 bridgehead atoms. The second-order valence-electron chi connectivity index (χ2n) is 8.78. The van der Waals surface area contributed by atoms with Gasteiger partial charge in [-0.1, -0.05) is 49.4 Å². The Labute approximate surface area is 209 Å². The van der Waals surface area contributed by atoms with E-state index in [2.05, 4.69) is 24.0 Å². The summed E-state index contributed by atoms with van der Waals surface area (Å²) in [6, 6.07) is 24.7. The van der Waals surface area contributed by atoms with E-state index in [9.17, 15) is 9.90 Å². The van der Waals surface area contributed by atoms with Crippen LogP contribution >= 0.6 is 0 Å². The van der Waals surface area contributed by atoms with Crippen LogP contribution in [0, 0.1) is 11.3 Å². The van der Waals surface area contributed by atoms with Crippen LogP contribution in [0.3, 0.4) is 0 Å². The van der Waals surface area contributed by atoms with Crippen molar-refractivity contribution in [3.05, 3.63) is 106 Å². The van der Waals surface area contributed by atoms with E-state index < -0.39 is 5.97 Å². The summed E-state index contributed by atoms with van der Waals surface area (Å²) < 4.78 is 6.00. The Balaban J connectivity index is 1.51. The lowest BCUT2D eigenvalue weighted by atomic mass is 9.92. The molecule has 5 rings (SSSR count). The minimum absolute atomic E-state index is 0.330. The first-order chi connectivity index (χ1) is 17.6. The standard InChI is InChI=1S/C30H25N3O3/c1-2-33-17-23(29-26(18-33)28(30(34)35)25-11-3-4-12-27(25)32-29)14-20-7-6-10-24(15-20)36-19-22-9-5-8-21(13-22)16-31/h3-15H,2,17-19H2,1H3,(H,34,35)/b23-14+. The number of aromatic nitrogens is 1. The van der Waals surface area contributed by atoms with Gasteiger partial charge in [0.1, 0.15) is 12.4 Å². The van der Waals surface area contributed by atoms with E-state index in [1.54, 1.807) is 6.07 Å². The first-order valence-corrected chi connectivity index (χ1v) is 11.9. The summed E-state index contributed by atoms with van der Waals surface area (Å²) in [4.78, 5) is 19.4. The highest BCUT2D eigenvalue weighted by atomic mass is 16.5. The maximum absolute atomic E-state index is 12.3. The van der Waals surface area contributed by atoms with Crippen LogP contribution in [0.5, 0.6) is 5.75 Å². The van der Waals surface area contributed by atoms with Crippen LogP contribution in [-0.2, 0) is 13.2 Å². The molecule has 6 nitrogen and oxygen atoms in total. The minimum Gasteiger partial charge on any atom is -0.489 e. The molecule has 36 heavy (non-hydrogen) atoms. The van der Waals surface area contributed by atoms with Gasteiger partial charge in [-0.3, -0.25) is 4.90 Å². The van der Waals surface area contributed by atoms with Crippen LogP contribution in [0.2, 0.25) is 0 Å². The summed E-state index contributed by atoms with van der Waals surface area (Å²) in [6.07, 6.45) is 2.07. The zero-order valence-electron chi connectivity index (χ0n) is 19.9. The van der Waals surface area contributed by atoms with Crippen molar-refractivity contribution in [2.75, 3.05) is 13.1 Å². The first-order valence-electron chi connectivity index (χ1n) is 11.9. The van der Waals surface area contributed by atoms with Gasteiger partial charge in [0.15, 0.2) is 0 Å². The van der Waals surface area contributed by atoms with E-state index in [0.29, 0.717) is 47.5 Å². The van der Waals surface area contributed by atoms with Crippen LogP contribution in [0.1, 0.15) is 45.2 Å². The van der Waals surface area contributed by atoms with E-state index >= 15 is 0 Å². The summed E-state index contributed by atoms with van der Waals surface area (Å²) in [7, 11) is 0. The molecule has 0 fully saturated rings. The van der Waals surface area contributed by atoms with Gasteiger partial charge < -0.3 is 9.84 Å². The summed E-state index contributed by atoms with van der Waals surface area (Å²) in [5, 5.41) is 19.9. The number of benzene rings is 3. The normalized spacial score (nSPS) is 14.4. The predicted molar refractivity (Wildman–Crippen MR) is 139 cm³/mol. The largest absolute Gasteiger partial charge is 0.489 e. The SMILES string of the molecule is CCN1C/C(=C\c2cccc(OCc3cccc(C#N)c3)c2)c2nc3ccccc3c(C(=O)O)c2C1. The predicted octanol–water partition coefficient (Wildman–Crippen LogP) is 5.76. The number of pyridine rings is 1. The Hall–Kier alpha value is -4.47. The molecule has 0 saturated carbocycles. The molecule has 0 aliphatic carbocycles. The van der Waals surface area contributed by atoms with Crippen LogP contribution < -0.4 is 4.74 Å². The number of nitriles is 1. The summed E-state index contributed by atoms with van der Waals surface area (Å²) >= 11 is 0. The Kier molecular flexibility index (Phi) is 6.48. The Bertz CT molecular complexity index is 1530. The van der Waals surface area contributed by atoms with Crippen LogP contribution in [0.25, 0.3) is 22.6 Å². The molecule has 0 radical (unpaired) electrons. The zero-order valence-corrected chi connectivity index (χ0v) is 19.9. The van der Waals surface area contributed by atoms with Gasteiger partial charge in [0, 0.05) is 24.0 Å². The molecule has 1 N–H and O–H groups in total. The van der Waals surface area contributed by atoms with Crippen molar-refractivity contribution in [3.8, 4) is 11.8 Å². The molecule has 0 saturated heterocycles. The highest BCUT2D eigenvalue weighted by Gasteiger charge is 2.27. The Morgan fingerprint density at radius 3 is 2.75 bits per heavy atom. The quantitative estimate of drug-likeness (QED) is 0.382. The molecule has 0 amide bonds. The topological polar surface area (TPSA) is 86.5 Å². The minimum atomic E-state index is -0.932. The third-order valence-electron chi connectivity index (χ3n) is 6.39. The number of aromatic carboxylic acids is 1. The molecule has 1 aliphatic heterocycles. The third kappa shape index (κ3) is 4.70. The van der Waals surface area contributed by atoms with Crippen molar-refractivity contribution in [2.45, 2.75) is 20.1 Å². The number of para-hydroxylation sites is 1. The molecule has 0 atom stereocenters. The summed E-state index contributed by atoms with van der Waals surface area (Å²) in [6.45, 7) is 4.46. The molecule has 3 aromatic carbocycles. The van der Waals surface area contributed by atoms with Crippen molar-refractivity contribution in [1.29, 1.82) is 5.26 Å². The summed E-state index contributed by atoms with van der Waals surface area (Å²) in [5.74, 6) is -0.217. The Morgan fingerprint density at radius 2 is 1.94 bits per heavy atom. The second kappa shape index (κ2) is 10.0. The highest BCUT2D eigenvalue weighted by molar-refractivity contribution is 6.06. The van der Waals surface area contributed by atoms with Crippen LogP contribution in [-0.4, -0.2) is 34.0 Å². The lowest BCUT2D eigenvalue weighted by Crippen LogP contribution is -2.31. The molecule has 2 heterocycles. The average molecular weight is 476 g/mol. The lowest BCUT2D eigenvalue weighted by Gasteiger charge is -2.30. The summed E-state index contributed by atoms with van der Waals surface area (Å²) in [5.41, 5.74) is 5.97. The second-order valence-corrected chi connectivity index (χ2v) is 8.78. The monoisotopic (exact) mass is 475 g/mol. The maximum Gasteiger partial charge on any atom is 0.336 e. The van der Waals surface area contributed by atoms with E-state index in [0.717, 1.165) is 34.5 Å². The number of hydrogen-bond donors (Lipinski definition) is 1. The van der Waals surface area contributed by atoms with Crippen LogP contribution in [0.15, 0.2) is 72.8 Å². The number of rotatable bonds is 6. The number of nitrogens with zero attached hydrogens (tertiary/aromatic N) is 3. The number of carboxylic acid groups (broad SMARTS) is 1. The lowest BCUT2D eigenvalue weighted by molar-refractivity contribution is 0.0696. The number of likely N-dealkylation sites (N-methyl/N-ethyl adjacent to an activating group) is 1.